The molecule has 0 saturated heterocycles. The van der Waals surface area contributed by atoms with E-state index in [0.29, 0.717) is 11.9 Å². The fraction of sp³-hybridized carbons (Fsp3) is 0. The highest BCUT2D eigenvalue weighted by Gasteiger charge is 2.09. The molecule has 0 saturated carbocycles. The second-order valence-electron chi connectivity index (χ2n) is 3.47. The monoisotopic (exact) mass is 312 g/mol. The van der Waals surface area contributed by atoms with Crippen molar-refractivity contribution < 1.29 is 13.6 Å². The Morgan fingerprint density at radius 2 is 1.83 bits per heavy atom. The van der Waals surface area contributed by atoms with Gasteiger partial charge in [0.2, 0.25) is 0 Å². The minimum atomic E-state index is -0.802. The van der Waals surface area contributed by atoms with Gasteiger partial charge in [0.25, 0.3) is 5.91 Å². The molecule has 1 aromatic carbocycles. The minimum Gasteiger partial charge on any atom is -0.307 e. The van der Waals surface area contributed by atoms with Gasteiger partial charge < -0.3 is 5.32 Å². The van der Waals surface area contributed by atoms with E-state index in [2.05, 4.69) is 26.2 Å². The minimum absolute atomic E-state index is 0.0998. The lowest BCUT2D eigenvalue weighted by molar-refractivity contribution is 0.102. The predicted octanol–water partition coefficient (Wildman–Crippen LogP) is 3.37. The van der Waals surface area contributed by atoms with Gasteiger partial charge in [0, 0.05) is 22.3 Å². The quantitative estimate of drug-likeness (QED) is 0.923. The predicted molar refractivity (Wildman–Crippen MR) is 66.2 cm³/mol. The van der Waals surface area contributed by atoms with Gasteiger partial charge in [-0.2, -0.15) is 0 Å². The third-order valence-electron chi connectivity index (χ3n) is 2.09. The van der Waals surface area contributed by atoms with Crippen LogP contribution in [0.25, 0.3) is 0 Å². The molecule has 0 aliphatic heterocycles. The van der Waals surface area contributed by atoms with Crippen molar-refractivity contribution in [3.05, 3.63) is 58.2 Å². The molecule has 0 bridgehead atoms. The fourth-order valence-electron chi connectivity index (χ4n) is 1.32. The molecule has 0 spiro atoms. The first-order chi connectivity index (χ1) is 8.54. The highest BCUT2D eigenvalue weighted by atomic mass is 79.9. The van der Waals surface area contributed by atoms with Crippen LogP contribution in [0.3, 0.4) is 0 Å². The van der Waals surface area contributed by atoms with Crippen LogP contribution in [0.2, 0.25) is 0 Å². The number of nitrogens with zero attached hydrogens (tertiary/aromatic N) is 1. The van der Waals surface area contributed by atoms with E-state index in [4.69, 9.17) is 0 Å². The number of hydrogen-bond donors (Lipinski definition) is 1. The van der Waals surface area contributed by atoms with Crippen molar-refractivity contribution in [3.63, 3.8) is 0 Å². The van der Waals surface area contributed by atoms with Gasteiger partial charge in [-0.05, 0) is 40.2 Å². The van der Waals surface area contributed by atoms with Crippen LogP contribution in [0.5, 0.6) is 0 Å². The molecule has 2 rings (SSSR count). The first kappa shape index (κ1) is 12.6. The SMILES string of the molecule is O=C(Nc1ccc(Br)cn1)c1cc(F)cc(F)c1. The number of carbonyl (C=O) groups is 1. The van der Waals surface area contributed by atoms with Crippen LogP contribution in [-0.2, 0) is 0 Å². The number of rotatable bonds is 2. The maximum absolute atomic E-state index is 12.9. The summed E-state index contributed by atoms with van der Waals surface area (Å²) in [5.41, 5.74) is -0.0998. The molecule has 1 aromatic heterocycles. The maximum Gasteiger partial charge on any atom is 0.257 e. The molecule has 92 valence electrons. The standard InChI is InChI=1S/C12H7BrF2N2O/c13-8-1-2-11(16-6-8)17-12(18)7-3-9(14)5-10(15)4-7/h1-6H,(H,16,17,18). The first-order valence-corrected chi connectivity index (χ1v) is 5.73. The van der Waals surface area contributed by atoms with Crippen LogP contribution < -0.4 is 5.32 Å². The Morgan fingerprint density at radius 3 is 2.39 bits per heavy atom. The lowest BCUT2D eigenvalue weighted by Crippen LogP contribution is -2.13. The Morgan fingerprint density at radius 1 is 1.17 bits per heavy atom. The fourth-order valence-corrected chi connectivity index (χ4v) is 1.56. The summed E-state index contributed by atoms with van der Waals surface area (Å²) in [4.78, 5) is 15.6. The van der Waals surface area contributed by atoms with Gasteiger partial charge >= 0.3 is 0 Å². The van der Waals surface area contributed by atoms with Gasteiger partial charge in [0.15, 0.2) is 0 Å². The topological polar surface area (TPSA) is 42.0 Å². The molecule has 1 amide bonds. The Bertz CT molecular complexity index is 567. The lowest BCUT2D eigenvalue weighted by atomic mass is 10.2. The van der Waals surface area contributed by atoms with Crippen molar-refractivity contribution in [1.82, 2.24) is 4.98 Å². The lowest BCUT2D eigenvalue weighted by Gasteiger charge is -2.04. The summed E-state index contributed by atoms with van der Waals surface area (Å²) < 4.78 is 26.6. The average Bonchev–Trinajstić information content (AvgIpc) is 2.31. The zero-order valence-electron chi connectivity index (χ0n) is 8.95. The van der Waals surface area contributed by atoms with E-state index in [0.717, 1.165) is 16.6 Å². The second kappa shape index (κ2) is 5.22. The largest absolute Gasteiger partial charge is 0.307 e. The van der Waals surface area contributed by atoms with Gasteiger partial charge in [-0.15, -0.1) is 0 Å². The second-order valence-corrected chi connectivity index (χ2v) is 4.39. The van der Waals surface area contributed by atoms with Crippen molar-refractivity contribution in [3.8, 4) is 0 Å². The third-order valence-corrected chi connectivity index (χ3v) is 2.56. The number of pyridine rings is 1. The normalized spacial score (nSPS) is 10.2. The number of anilines is 1. The number of benzene rings is 1. The van der Waals surface area contributed by atoms with Gasteiger partial charge in [-0.1, -0.05) is 0 Å². The molecule has 0 atom stereocenters. The molecule has 3 nitrogen and oxygen atoms in total. The molecular formula is C12H7BrF2N2O. The number of hydrogen-bond acceptors (Lipinski definition) is 2. The number of halogens is 3. The summed E-state index contributed by atoms with van der Waals surface area (Å²) >= 11 is 3.20. The zero-order chi connectivity index (χ0) is 13.1. The maximum atomic E-state index is 12.9. The Kier molecular flexibility index (Phi) is 3.66. The zero-order valence-corrected chi connectivity index (χ0v) is 10.5. The molecule has 0 radical (unpaired) electrons. The van der Waals surface area contributed by atoms with E-state index in [-0.39, 0.29) is 5.56 Å². The summed E-state index contributed by atoms with van der Waals surface area (Å²) in [6.07, 6.45) is 1.50. The average molecular weight is 313 g/mol. The van der Waals surface area contributed by atoms with Gasteiger partial charge in [-0.3, -0.25) is 4.79 Å². The molecule has 0 aliphatic rings. The Balaban J connectivity index is 2.19. The molecule has 2 aromatic rings. The summed E-state index contributed by atoms with van der Waals surface area (Å²) in [5.74, 6) is -1.93. The molecule has 0 fully saturated rings. The van der Waals surface area contributed by atoms with Crippen LogP contribution in [0, 0.1) is 11.6 Å². The molecule has 0 aliphatic carbocycles. The van der Waals surface area contributed by atoms with Crippen LogP contribution >= 0.6 is 15.9 Å². The molecule has 0 unspecified atom stereocenters. The summed E-state index contributed by atoms with van der Waals surface area (Å²) in [6, 6.07) is 5.87. The van der Waals surface area contributed by atoms with Crippen molar-refractivity contribution in [1.29, 1.82) is 0 Å². The molecule has 18 heavy (non-hydrogen) atoms. The van der Waals surface area contributed by atoms with Gasteiger partial charge in [0.1, 0.15) is 17.5 Å². The van der Waals surface area contributed by atoms with Crippen molar-refractivity contribution >= 4 is 27.7 Å². The number of carbonyl (C=O) groups excluding carboxylic acids is 1. The Labute approximate surface area is 110 Å². The van der Waals surface area contributed by atoms with Crippen LogP contribution in [-0.4, -0.2) is 10.9 Å². The number of amides is 1. The van der Waals surface area contributed by atoms with Crippen molar-refractivity contribution in [2.24, 2.45) is 0 Å². The van der Waals surface area contributed by atoms with Crippen molar-refractivity contribution in [2.45, 2.75) is 0 Å². The van der Waals surface area contributed by atoms with Crippen LogP contribution in [0.1, 0.15) is 10.4 Å². The summed E-state index contributed by atoms with van der Waals surface area (Å²) in [5, 5.41) is 2.44. The molecular weight excluding hydrogens is 306 g/mol. The van der Waals surface area contributed by atoms with E-state index >= 15 is 0 Å². The van der Waals surface area contributed by atoms with Crippen LogP contribution in [0.4, 0.5) is 14.6 Å². The van der Waals surface area contributed by atoms with Crippen molar-refractivity contribution in [2.75, 3.05) is 5.32 Å². The van der Waals surface area contributed by atoms with E-state index in [1.54, 1.807) is 12.1 Å². The van der Waals surface area contributed by atoms with E-state index < -0.39 is 17.5 Å². The van der Waals surface area contributed by atoms with Gasteiger partial charge in [-0.25, -0.2) is 13.8 Å². The summed E-state index contributed by atoms with van der Waals surface area (Å²) in [7, 11) is 0. The Hall–Kier alpha value is -1.82. The number of nitrogens with one attached hydrogen (secondary N) is 1. The molecule has 6 heteroatoms. The molecule has 1 N–H and O–H groups in total. The number of aromatic nitrogens is 1. The van der Waals surface area contributed by atoms with E-state index in [1.165, 1.54) is 6.20 Å². The van der Waals surface area contributed by atoms with Gasteiger partial charge in [0.05, 0.1) is 0 Å². The van der Waals surface area contributed by atoms with E-state index in [9.17, 15) is 13.6 Å². The first-order valence-electron chi connectivity index (χ1n) is 4.93. The summed E-state index contributed by atoms with van der Waals surface area (Å²) in [6.45, 7) is 0. The highest BCUT2D eigenvalue weighted by molar-refractivity contribution is 9.10. The van der Waals surface area contributed by atoms with E-state index in [1.807, 2.05) is 0 Å². The highest BCUT2D eigenvalue weighted by Crippen LogP contribution is 2.13. The van der Waals surface area contributed by atoms with Crippen LogP contribution in [0.15, 0.2) is 41.0 Å². The smallest absolute Gasteiger partial charge is 0.257 e. The molecule has 1 heterocycles. The third kappa shape index (κ3) is 3.10.